The minimum atomic E-state index is -0.469. The number of nitrogens with zero attached hydrogens (tertiary/aromatic N) is 5. The van der Waals surface area contributed by atoms with Crippen LogP contribution in [0.5, 0.6) is 0 Å². The number of aromatic nitrogens is 4. The predicted octanol–water partition coefficient (Wildman–Crippen LogP) is 2.96. The molecule has 0 fully saturated rings. The maximum Gasteiger partial charge on any atom is 0.348 e. The van der Waals surface area contributed by atoms with Crippen LogP contribution in [0.1, 0.15) is 32.6 Å². The van der Waals surface area contributed by atoms with E-state index in [4.69, 9.17) is 10.5 Å². The third kappa shape index (κ3) is 4.47. The van der Waals surface area contributed by atoms with Crippen LogP contribution in [0, 0.1) is 11.3 Å². The lowest BCUT2D eigenvalue weighted by Crippen LogP contribution is -2.06. The monoisotopic (exact) mass is 420 g/mol. The van der Waals surface area contributed by atoms with Crippen molar-refractivity contribution < 1.29 is 9.53 Å². The van der Waals surface area contributed by atoms with E-state index < -0.39 is 5.97 Å². The number of tetrazole rings is 1. The Labute approximate surface area is 167 Å². The SMILES string of the molecule is CCOC(=O)c1sc(N)c(C#N)c1CSc1nnnn1CCc1cccs1. The first-order valence-corrected chi connectivity index (χ1v) is 10.7. The van der Waals surface area contributed by atoms with Gasteiger partial charge in [0.2, 0.25) is 5.16 Å². The van der Waals surface area contributed by atoms with Crippen molar-refractivity contribution in [2.75, 3.05) is 12.3 Å². The van der Waals surface area contributed by atoms with Gasteiger partial charge in [-0.15, -0.1) is 27.8 Å². The highest BCUT2D eigenvalue weighted by atomic mass is 32.2. The molecular weight excluding hydrogens is 404 g/mol. The summed E-state index contributed by atoms with van der Waals surface area (Å²) in [4.78, 5) is 13.8. The Balaban J connectivity index is 1.74. The number of hydrogen-bond acceptors (Lipinski definition) is 10. The Morgan fingerprint density at radius 1 is 1.52 bits per heavy atom. The van der Waals surface area contributed by atoms with Crippen LogP contribution in [0.4, 0.5) is 5.00 Å². The summed E-state index contributed by atoms with van der Waals surface area (Å²) in [6.07, 6.45) is 0.833. The molecule has 0 atom stereocenters. The van der Waals surface area contributed by atoms with Crippen molar-refractivity contribution in [1.29, 1.82) is 5.26 Å². The Bertz CT molecular complexity index is 958. The molecule has 0 amide bonds. The maximum atomic E-state index is 12.2. The molecule has 0 saturated carbocycles. The molecular formula is C16H16N6O2S3. The molecule has 0 aromatic carbocycles. The summed E-state index contributed by atoms with van der Waals surface area (Å²) in [5.41, 5.74) is 6.78. The van der Waals surface area contributed by atoms with Gasteiger partial charge in [-0.2, -0.15) is 5.26 Å². The summed E-state index contributed by atoms with van der Waals surface area (Å²) in [5, 5.41) is 24.2. The number of esters is 1. The smallest absolute Gasteiger partial charge is 0.348 e. The second kappa shape index (κ2) is 8.98. The molecule has 0 unspecified atom stereocenters. The number of anilines is 1. The van der Waals surface area contributed by atoms with Crippen LogP contribution >= 0.6 is 34.4 Å². The molecule has 140 valence electrons. The van der Waals surface area contributed by atoms with E-state index in [9.17, 15) is 10.1 Å². The number of nitriles is 1. The summed E-state index contributed by atoms with van der Waals surface area (Å²) < 4.78 is 6.79. The predicted molar refractivity (Wildman–Crippen MR) is 105 cm³/mol. The lowest BCUT2D eigenvalue weighted by molar-refractivity contribution is 0.0531. The number of hydrogen-bond donors (Lipinski definition) is 1. The van der Waals surface area contributed by atoms with E-state index in [1.807, 2.05) is 11.4 Å². The second-order valence-electron chi connectivity index (χ2n) is 5.28. The molecule has 0 saturated heterocycles. The van der Waals surface area contributed by atoms with Crippen LogP contribution in [0.25, 0.3) is 0 Å². The van der Waals surface area contributed by atoms with Crippen molar-refractivity contribution in [3.8, 4) is 6.07 Å². The summed E-state index contributed by atoms with van der Waals surface area (Å²) in [6.45, 7) is 2.64. The lowest BCUT2D eigenvalue weighted by atomic mass is 10.2. The molecule has 0 spiro atoms. The minimum Gasteiger partial charge on any atom is -0.462 e. The van der Waals surface area contributed by atoms with E-state index in [0.29, 0.717) is 38.5 Å². The summed E-state index contributed by atoms with van der Waals surface area (Å²) >= 11 is 4.12. The number of nitrogens with two attached hydrogens (primary N) is 1. The number of carbonyl (C=O) groups is 1. The molecule has 3 rings (SSSR count). The zero-order chi connectivity index (χ0) is 19.2. The van der Waals surface area contributed by atoms with E-state index >= 15 is 0 Å². The van der Waals surface area contributed by atoms with Crippen molar-refractivity contribution in [1.82, 2.24) is 20.2 Å². The topological polar surface area (TPSA) is 120 Å². The third-order valence-electron chi connectivity index (χ3n) is 3.60. The molecule has 0 bridgehead atoms. The number of ether oxygens (including phenoxy) is 1. The van der Waals surface area contributed by atoms with Crippen LogP contribution in [0.15, 0.2) is 22.7 Å². The van der Waals surface area contributed by atoms with Gasteiger partial charge in [0.1, 0.15) is 15.9 Å². The van der Waals surface area contributed by atoms with Crippen molar-refractivity contribution in [3.63, 3.8) is 0 Å². The van der Waals surface area contributed by atoms with Gasteiger partial charge in [-0.1, -0.05) is 17.8 Å². The Morgan fingerprint density at radius 2 is 2.37 bits per heavy atom. The second-order valence-corrected chi connectivity index (χ2v) is 8.31. The first kappa shape index (κ1) is 19.3. The first-order chi connectivity index (χ1) is 13.1. The van der Waals surface area contributed by atoms with Crippen LogP contribution in [-0.2, 0) is 23.5 Å². The van der Waals surface area contributed by atoms with Gasteiger partial charge in [0, 0.05) is 22.6 Å². The molecule has 3 heterocycles. The number of nitrogen functional groups attached to an aromatic ring is 1. The number of thiophene rings is 2. The zero-order valence-electron chi connectivity index (χ0n) is 14.4. The molecule has 27 heavy (non-hydrogen) atoms. The van der Waals surface area contributed by atoms with Gasteiger partial charge < -0.3 is 10.5 Å². The van der Waals surface area contributed by atoms with Crippen LogP contribution < -0.4 is 5.73 Å². The summed E-state index contributed by atoms with van der Waals surface area (Å²) in [7, 11) is 0. The van der Waals surface area contributed by atoms with Crippen LogP contribution in [0.3, 0.4) is 0 Å². The molecule has 3 aromatic heterocycles. The van der Waals surface area contributed by atoms with Crippen molar-refractivity contribution >= 4 is 45.4 Å². The van der Waals surface area contributed by atoms with Crippen molar-refractivity contribution in [2.24, 2.45) is 0 Å². The maximum absolute atomic E-state index is 12.2. The lowest BCUT2D eigenvalue weighted by Gasteiger charge is -2.05. The Kier molecular flexibility index (Phi) is 6.44. The van der Waals surface area contributed by atoms with Gasteiger partial charge >= 0.3 is 5.97 Å². The third-order valence-corrected chi connectivity index (χ3v) is 6.56. The standard InChI is InChI=1S/C16H16N6O2S3/c1-2-24-15(23)13-12(11(8-17)14(18)27-13)9-26-16-19-20-21-22(16)6-5-10-4-3-7-25-10/h3-4,7H,2,5-6,9,18H2,1H3. The zero-order valence-corrected chi connectivity index (χ0v) is 16.9. The van der Waals surface area contributed by atoms with Crippen molar-refractivity contribution in [3.05, 3.63) is 38.4 Å². The molecule has 0 aliphatic carbocycles. The van der Waals surface area contributed by atoms with E-state index in [1.54, 1.807) is 22.9 Å². The Hall–Kier alpha value is -2.42. The van der Waals surface area contributed by atoms with Gasteiger partial charge in [-0.25, -0.2) is 9.48 Å². The fourth-order valence-electron chi connectivity index (χ4n) is 2.35. The fourth-order valence-corrected chi connectivity index (χ4v) is 5.01. The van der Waals surface area contributed by atoms with Gasteiger partial charge in [-0.3, -0.25) is 0 Å². The molecule has 2 N–H and O–H groups in total. The highest BCUT2D eigenvalue weighted by Crippen LogP contribution is 2.35. The van der Waals surface area contributed by atoms with E-state index in [2.05, 4.69) is 27.7 Å². The average Bonchev–Trinajstić information content (AvgIpc) is 3.38. The van der Waals surface area contributed by atoms with Gasteiger partial charge in [0.25, 0.3) is 0 Å². The summed E-state index contributed by atoms with van der Waals surface area (Å²) in [5.74, 6) is -0.118. The molecule has 11 heteroatoms. The van der Waals surface area contributed by atoms with E-state index in [0.717, 1.165) is 17.8 Å². The molecule has 3 aromatic rings. The number of carbonyl (C=O) groups excluding carboxylic acids is 1. The average molecular weight is 421 g/mol. The number of aryl methyl sites for hydroxylation is 2. The normalized spacial score (nSPS) is 10.7. The van der Waals surface area contributed by atoms with E-state index in [1.165, 1.54) is 16.6 Å². The van der Waals surface area contributed by atoms with Crippen molar-refractivity contribution in [2.45, 2.75) is 30.8 Å². The minimum absolute atomic E-state index is 0.256. The highest BCUT2D eigenvalue weighted by molar-refractivity contribution is 7.98. The highest BCUT2D eigenvalue weighted by Gasteiger charge is 2.23. The molecule has 8 nitrogen and oxygen atoms in total. The Morgan fingerprint density at radius 3 is 3.07 bits per heavy atom. The van der Waals surface area contributed by atoms with E-state index in [-0.39, 0.29) is 6.61 Å². The van der Waals surface area contributed by atoms with Gasteiger partial charge in [0.15, 0.2) is 0 Å². The molecule has 0 radical (unpaired) electrons. The van der Waals surface area contributed by atoms with Gasteiger partial charge in [0.05, 0.1) is 18.7 Å². The quantitative estimate of drug-likeness (QED) is 0.436. The summed E-state index contributed by atoms with van der Waals surface area (Å²) in [6, 6.07) is 6.16. The number of rotatable bonds is 8. The van der Waals surface area contributed by atoms with Crippen LogP contribution in [-0.4, -0.2) is 32.8 Å². The fraction of sp³-hybridized carbons (Fsp3) is 0.312. The molecule has 0 aliphatic rings. The van der Waals surface area contributed by atoms with Gasteiger partial charge in [-0.05, 0) is 28.8 Å². The first-order valence-electron chi connectivity index (χ1n) is 8.03. The molecule has 0 aliphatic heterocycles. The largest absolute Gasteiger partial charge is 0.462 e. The van der Waals surface area contributed by atoms with Crippen LogP contribution in [0.2, 0.25) is 0 Å². The number of thioether (sulfide) groups is 1.